The molecule has 2 rings (SSSR count). The van der Waals surface area contributed by atoms with Gasteiger partial charge in [0, 0.05) is 17.5 Å². The molecule has 2 atom stereocenters. The standard InChI is InChI=1S/C12H16N2O2S/c1-17-11-4-2-3-9(11)14-12(16)8-5-6-13-7-10(8)15/h5-7,9,11,15H,2-4H2,1H3,(H,14,16). The quantitative estimate of drug-likeness (QED) is 0.861. The molecule has 1 saturated carbocycles. The summed E-state index contributed by atoms with van der Waals surface area (Å²) in [6, 6.07) is 1.75. The Morgan fingerprint density at radius 3 is 3.12 bits per heavy atom. The molecule has 1 aromatic heterocycles. The Kier molecular flexibility index (Phi) is 3.89. The third kappa shape index (κ3) is 2.72. The van der Waals surface area contributed by atoms with E-state index < -0.39 is 0 Å². The molecule has 1 heterocycles. The van der Waals surface area contributed by atoms with Crippen molar-refractivity contribution < 1.29 is 9.90 Å². The Morgan fingerprint density at radius 1 is 1.59 bits per heavy atom. The lowest BCUT2D eigenvalue weighted by Gasteiger charge is -2.19. The predicted octanol–water partition coefficient (Wildman–Crippen LogP) is 1.80. The van der Waals surface area contributed by atoms with Crippen molar-refractivity contribution in [1.82, 2.24) is 10.3 Å². The van der Waals surface area contributed by atoms with Crippen molar-refractivity contribution in [3.05, 3.63) is 24.0 Å². The highest BCUT2D eigenvalue weighted by atomic mass is 32.2. The van der Waals surface area contributed by atoms with Gasteiger partial charge in [0.25, 0.3) is 5.91 Å². The number of amides is 1. The summed E-state index contributed by atoms with van der Waals surface area (Å²) in [4.78, 5) is 15.7. The number of hydrogen-bond acceptors (Lipinski definition) is 4. The van der Waals surface area contributed by atoms with Crippen LogP contribution in [0.3, 0.4) is 0 Å². The molecule has 0 radical (unpaired) electrons. The van der Waals surface area contributed by atoms with Crippen LogP contribution in [-0.4, -0.2) is 33.5 Å². The third-order valence-electron chi connectivity index (χ3n) is 3.12. The number of aromatic hydroxyl groups is 1. The molecule has 2 unspecified atom stereocenters. The SMILES string of the molecule is CSC1CCCC1NC(=O)c1ccncc1O. The average molecular weight is 252 g/mol. The van der Waals surface area contributed by atoms with Crippen LogP contribution in [0.25, 0.3) is 0 Å². The fraction of sp³-hybridized carbons (Fsp3) is 0.500. The highest BCUT2D eigenvalue weighted by molar-refractivity contribution is 7.99. The second kappa shape index (κ2) is 5.40. The minimum absolute atomic E-state index is 0.0660. The van der Waals surface area contributed by atoms with Crippen LogP contribution in [0, 0.1) is 0 Å². The van der Waals surface area contributed by atoms with E-state index in [2.05, 4.69) is 16.6 Å². The van der Waals surface area contributed by atoms with Crippen LogP contribution in [0.4, 0.5) is 0 Å². The van der Waals surface area contributed by atoms with Gasteiger partial charge in [0.2, 0.25) is 0 Å². The summed E-state index contributed by atoms with van der Waals surface area (Å²) < 4.78 is 0. The molecule has 4 nitrogen and oxygen atoms in total. The van der Waals surface area contributed by atoms with Crippen molar-refractivity contribution in [2.45, 2.75) is 30.6 Å². The first-order valence-corrected chi connectivity index (χ1v) is 6.98. The van der Waals surface area contributed by atoms with Gasteiger partial charge in [-0.2, -0.15) is 11.8 Å². The summed E-state index contributed by atoms with van der Waals surface area (Å²) in [5.74, 6) is -0.278. The second-order valence-corrected chi connectivity index (χ2v) is 5.25. The van der Waals surface area contributed by atoms with Crippen molar-refractivity contribution in [3.8, 4) is 5.75 Å². The number of nitrogens with zero attached hydrogens (tertiary/aromatic N) is 1. The zero-order valence-corrected chi connectivity index (χ0v) is 10.5. The summed E-state index contributed by atoms with van der Waals surface area (Å²) >= 11 is 1.79. The number of aromatic nitrogens is 1. The number of rotatable bonds is 3. The van der Waals surface area contributed by atoms with E-state index in [-0.39, 0.29) is 17.7 Å². The molecule has 1 aliphatic carbocycles. The first-order valence-electron chi connectivity index (χ1n) is 5.69. The van der Waals surface area contributed by atoms with Gasteiger partial charge in [0.05, 0.1) is 11.8 Å². The monoisotopic (exact) mass is 252 g/mol. The van der Waals surface area contributed by atoms with Crippen LogP contribution in [0.2, 0.25) is 0 Å². The van der Waals surface area contributed by atoms with Gasteiger partial charge in [-0.3, -0.25) is 9.78 Å². The molecular formula is C12H16N2O2S. The van der Waals surface area contributed by atoms with Crippen molar-refractivity contribution in [2.24, 2.45) is 0 Å². The molecule has 0 bridgehead atoms. The van der Waals surface area contributed by atoms with Gasteiger partial charge < -0.3 is 10.4 Å². The van der Waals surface area contributed by atoms with Crippen molar-refractivity contribution in [3.63, 3.8) is 0 Å². The van der Waals surface area contributed by atoms with Crippen LogP contribution >= 0.6 is 11.8 Å². The molecule has 17 heavy (non-hydrogen) atoms. The minimum Gasteiger partial charge on any atom is -0.505 e. The van der Waals surface area contributed by atoms with Gasteiger partial charge in [0.1, 0.15) is 5.75 Å². The Bertz CT molecular complexity index is 411. The van der Waals surface area contributed by atoms with Gasteiger partial charge in [-0.05, 0) is 25.2 Å². The maximum Gasteiger partial charge on any atom is 0.255 e. The lowest BCUT2D eigenvalue weighted by molar-refractivity contribution is 0.0936. The smallest absolute Gasteiger partial charge is 0.255 e. The molecule has 5 heteroatoms. The molecule has 0 aromatic carbocycles. The minimum atomic E-state index is -0.212. The fourth-order valence-electron chi connectivity index (χ4n) is 2.20. The third-order valence-corrected chi connectivity index (χ3v) is 4.29. The number of thioether (sulfide) groups is 1. The number of nitrogens with one attached hydrogen (secondary N) is 1. The lowest BCUT2D eigenvalue weighted by atomic mass is 10.2. The maximum absolute atomic E-state index is 12.0. The molecule has 0 spiro atoms. The Balaban J connectivity index is 2.04. The second-order valence-electron chi connectivity index (χ2n) is 4.18. The zero-order valence-electron chi connectivity index (χ0n) is 9.72. The highest BCUT2D eigenvalue weighted by Crippen LogP contribution is 2.28. The first-order chi connectivity index (χ1) is 8.22. The van der Waals surface area contributed by atoms with Gasteiger partial charge in [-0.25, -0.2) is 0 Å². The van der Waals surface area contributed by atoms with Crippen molar-refractivity contribution in [2.75, 3.05) is 6.26 Å². The molecular weight excluding hydrogens is 236 g/mol. The fourth-order valence-corrected chi connectivity index (χ4v) is 3.13. The molecule has 2 N–H and O–H groups in total. The molecule has 1 fully saturated rings. The Hall–Kier alpha value is -1.23. The molecule has 0 saturated heterocycles. The molecule has 1 aliphatic rings. The van der Waals surface area contributed by atoms with Gasteiger partial charge in [-0.15, -0.1) is 0 Å². The number of carbonyl (C=O) groups excluding carboxylic acids is 1. The lowest BCUT2D eigenvalue weighted by Crippen LogP contribution is -2.38. The molecule has 92 valence electrons. The van der Waals surface area contributed by atoms with Crippen molar-refractivity contribution in [1.29, 1.82) is 0 Å². The van der Waals surface area contributed by atoms with Crippen LogP contribution < -0.4 is 5.32 Å². The summed E-state index contributed by atoms with van der Waals surface area (Å²) in [5.41, 5.74) is 0.298. The maximum atomic E-state index is 12.0. The average Bonchev–Trinajstić information content (AvgIpc) is 2.76. The number of hydrogen-bond donors (Lipinski definition) is 2. The van der Waals surface area contributed by atoms with Gasteiger partial charge >= 0.3 is 0 Å². The Morgan fingerprint density at radius 2 is 2.41 bits per heavy atom. The van der Waals surface area contributed by atoms with Crippen LogP contribution in [-0.2, 0) is 0 Å². The summed E-state index contributed by atoms with van der Waals surface area (Å²) in [6.07, 6.45) is 8.18. The highest BCUT2D eigenvalue weighted by Gasteiger charge is 2.28. The van der Waals surface area contributed by atoms with Gasteiger partial charge in [-0.1, -0.05) is 6.42 Å². The topological polar surface area (TPSA) is 62.2 Å². The Labute approximate surface area is 105 Å². The van der Waals surface area contributed by atoms with E-state index in [1.807, 2.05) is 0 Å². The van der Waals surface area contributed by atoms with E-state index in [1.54, 1.807) is 11.8 Å². The van der Waals surface area contributed by atoms with E-state index in [4.69, 9.17) is 0 Å². The number of carbonyl (C=O) groups is 1. The summed E-state index contributed by atoms with van der Waals surface area (Å²) in [6.45, 7) is 0. The van der Waals surface area contributed by atoms with Crippen LogP contribution in [0.1, 0.15) is 29.6 Å². The van der Waals surface area contributed by atoms with E-state index in [9.17, 15) is 9.90 Å². The summed E-state index contributed by atoms with van der Waals surface area (Å²) in [5, 5.41) is 13.0. The predicted molar refractivity (Wildman–Crippen MR) is 68.3 cm³/mol. The van der Waals surface area contributed by atoms with Crippen LogP contribution in [0.15, 0.2) is 18.5 Å². The molecule has 1 aromatic rings. The normalized spacial score (nSPS) is 23.6. The molecule has 1 amide bonds. The van der Waals surface area contributed by atoms with E-state index in [0.29, 0.717) is 10.8 Å². The first kappa shape index (κ1) is 12.2. The van der Waals surface area contributed by atoms with E-state index in [1.165, 1.54) is 18.5 Å². The molecule has 0 aliphatic heterocycles. The van der Waals surface area contributed by atoms with Gasteiger partial charge in [0.15, 0.2) is 0 Å². The van der Waals surface area contributed by atoms with E-state index in [0.717, 1.165) is 19.3 Å². The summed E-state index contributed by atoms with van der Waals surface area (Å²) in [7, 11) is 0. The zero-order chi connectivity index (χ0) is 12.3. The largest absolute Gasteiger partial charge is 0.505 e. The van der Waals surface area contributed by atoms with Crippen LogP contribution in [0.5, 0.6) is 5.75 Å². The van der Waals surface area contributed by atoms with E-state index >= 15 is 0 Å². The number of pyridine rings is 1. The van der Waals surface area contributed by atoms with Crippen molar-refractivity contribution >= 4 is 17.7 Å².